The molecular weight excluding hydrogens is 416 g/mol. The predicted molar refractivity (Wildman–Crippen MR) is 130 cm³/mol. The summed E-state index contributed by atoms with van der Waals surface area (Å²) in [6, 6.07) is -0.783. The van der Waals surface area contributed by atoms with Gasteiger partial charge in [-0.25, -0.2) is 0 Å². The van der Waals surface area contributed by atoms with E-state index in [0.29, 0.717) is 12.8 Å². The quantitative estimate of drug-likeness (QED) is 0.533. The van der Waals surface area contributed by atoms with Crippen LogP contribution >= 0.6 is 0 Å². The molecule has 6 heteroatoms. The fraction of sp³-hybridized carbons (Fsp3) is 0.741. The number of carboxylic acids is 1. The van der Waals surface area contributed by atoms with Gasteiger partial charge < -0.3 is 20.5 Å². The molecule has 33 heavy (non-hydrogen) atoms. The molecule has 3 rings (SSSR count). The van der Waals surface area contributed by atoms with Crippen molar-refractivity contribution in [3.63, 3.8) is 0 Å². The van der Waals surface area contributed by atoms with Crippen LogP contribution in [0.3, 0.4) is 0 Å². The molecule has 3 N–H and O–H groups in total. The highest BCUT2D eigenvalue weighted by atomic mass is 16.4. The third-order valence-corrected chi connectivity index (χ3v) is 7.84. The Kier molecular flexibility index (Phi) is 9.30. The zero-order valence-corrected chi connectivity index (χ0v) is 20.2. The van der Waals surface area contributed by atoms with Crippen molar-refractivity contribution < 1.29 is 19.5 Å². The van der Waals surface area contributed by atoms with Crippen molar-refractivity contribution in [1.29, 1.82) is 0 Å². The van der Waals surface area contributed by atoms with Gasteiger partial charge in [-0.3, -0.25) is 9.59 Å². The smallest absolute Gasteiger partial charge is 0.320 e. The van der Waals surface area contributed by atoms with Gasteiger partial charge in [0, 0.05) is 13.0 Å². The van der Waals surface area contributed by atoms with E-state index in [1.54, 1.807) is 0 Å². The van der Waals surface area contributed by atoms with Crippen LogP contribution in [0.5, 0.6) is 0 Å². The first-order chi connectivity index (χ1) is 15.9. The normalized spacial score (nSPS) is 33.4. The Morgan fingerprint density at radius 1 is 1.06 bits per heavy atom. The average molecular weight is 459 g/mol. The number of amides is 1. The predicted octanol–water partition coefficient (Wildman–Crippen LogP) is 4.69. The molecule has 1 aliphatic heterocycles. The number of aldehydes is 1. The molecule has 0 saturated heterocycles. The Bertz CT molecular complexity index is 755. The summed E-state index contributed by atoms with van der Waals surface area (Å²) in [6.07, 6.45) is 20.3. The zero-order chi connectivity index (χ0) is 23.7. The van der Waals surface area contributed by atoms with Gasteiger partial charge in [0.05, 0.1) is 0 Å². The molecule has 1 heterocycles. The SMILES string of the molecule is CC12C=C(C=CC1)CCCCCCCC(=O)NC(C=O)(C1CCCCC1)CN[C@H](C(=O)O)C2. The summed E-state index contributed by atoms with van der Waals surface area (Å²) in [7, 11) is 0. The van der Waals surface area contributed by atoms with Gasteiger partial charge in [-0.15, -0.1) is 0 Å². The molecule has 1 saturated carbocycles. The van der Waals surface area contributed by atoms with Gasteiger partial charge in [0.25, 0.3) is 0 Å². The number of carbonyl (C=O) groups is 3. The number of hydrogen-bond acceptors (Lipinski definition) is 4. The summed E-state index contributed by atoms with van der Waals surface area (Å²) in [5.74, 6) is -0.966. The van der Waals surface area contributed by atoms with Crippen LogP contribution in [0.2, 0.25) is 0 Å². The number of allylic oxidation sites excluding steroid dienone is 4. The highest BCUT2D eigenvalue weighted by Gasteiger charge is 2.42. The number of carbonyl (C=O) groups excluding carboxylic acids is 2. The Balaban J connectivity index is 1.84. The summed E-state index contributed by atoms with van der Waals surface area (Å²) >= 11 is 0. The van der Waals surface area contributed by atoms with Crippen molar-refractivity contribution in [2.24, 2.45) is 11.3 Å². The van der Waals surface area contributed by atoms with Gasteiger partial charge in [0.1, 0.15) is 17.9 Å². The molecule has 0 aromatic carbocycles. The van der Waals surface area contributed by atoms with E-state index >= 15 is 0 Å². The number of aliphatic carboxylic acids is 1. The summed E-state index contributed by atoms with van der Waals surface area (Å²) in [4.78, 5) is 37.5. The first kappa shape index (κ1) is 25.7. The maximum atomic E-state index is 12.8. The third-order valence-electron chi connectivity index (χ3n) is 7.84. The average Bonchev–Trinajstić information content (AvgIpc) is 2.80. The fourth-order valence-electron chi connectivity index (χ4n) is 5.88. The van der Waals surface area contributed by atoms with Crippen LogP contribution < -0.4 is 10.6 Å². The summed E-state index contributed by atoms with van der Waals surface area (Å²) in [5, 5.41) is 16.3. The van der Waals surface area contributed by atoms with Crippen molar-refractivity contribution in [2.75, 3.05) is 6.54 Å². The Hall–Kier alpha value is -1.95. The number of nitrogens with one attached hydrogen (secondary N) is 2. The standard InChI is InChI=1S/C27H42N2O4/c1-26-16-10-12-21(17-26)11-6-3-2-4-9-15-24(31)29-27(20-30,22-13-7-5-8-14-22)19-28-23(18-26)25(32)33/h10,12,17,20,22-23,28H,2-9,11,13-16,18-19H2,1H3,(H,29,31)(H,32,33)/t23-,26?,27?/m0/s1. The first-order valence-electron chi connectivity index (χ1n) is 13.0. The molecule has 3 atom stereocenters. The van der Waals surface area contributed by atoms with Crippen LogP contribution in [0.25, 0.3) is 0 Å². The van der Waals surface area contributed by atoms with Crippen molar-refractivity contribution in [3.05, 3.63) is 23.8 Å². The maximum absolute atomic E-state index is 12.8. The van der Waals surface area contributed by atoms with Gasteiger partial charge >= 0.3 is 5.97 Å². The second-order valence-electron chi connectivity index (χ2n) is 10.8. The highest BCUT2D eigenvalue weighted by molar-refractivity contribution is 5.82. The number of hydrogen-bond donors (Lipinski definition) is 3. The molecule has 0 radical (unpaired) electrons. The Morgan fingerprint density at radius 2 is 1.73 bits per heavy atom. The molecule has 2 bridgehead atoms. The van der Waals surface area contributed by atoms with E-state index in [1.165, 1.54) is 5.57 Å². The molecule has 2 aliphatic carbocycles. The maximum Gasteiger partial charge on any atom is 0.320 e. The minimum atomic E-state index is -1.05. The van der Waals surface area contributed by atoms with Crippen LogP contribution in [0, 0.1) is 11.3 Å². The fourth-order valence-corrected chi connectivity index (χ4v) is 5.88. The molecule has 0 spiro atoms. The van der Waals surface area contributed by atoms with E-state index in [0.717, 1.165) is 83.3 Å². The molecule has 0 aromatic rings. The molecular formula is C27H42N2O4. The van der Waals surface area contributed by atoms with Crippen LogP contribution in [0.1, 0.15) is 96.8 Å². The van der Waals surface area contributed by atoms with Gasteiger partial charge in [-0.2, -0.15) is 0 Å². The van der Waals surface area contributed by atoms with E-state index in [-0.39, 0.29) is 23.8 Å². The van der Waals surface area contributed by atoms with Crippen molar-refractivity contribution in [1.82, 2.24) is 10.6 Å². The Morgan fingerprint density at radius 3 is 2.42 bits per heavy atom. The highest BCUT2D eigenvalue weighted by Crippen LogP contribution is 2.37. The van der Waals surface area contributed by atoms with Gasteiger partial charge in [-0.05, 0) is 56.3 Å². The van der Waals surface area contributed by atoms with E-state index in [1.807, 2.05) is 0 Å². The Labute approximate surface area is 198 Å². The van der Waals surface area contributed by atoms with Crippen LogP contribution in [-0.2, 0) is 14.4 Å². The topological polar surface area (TPSA) is 95.5 Å². The number of rotatable bonds is 3. The second kappa shape index (κ2) is 12.0. The molecule has 1 fully saturated rings. The lowest BCUT2D eigenvalue weighted by molar-refractivity contribution is -0.140. The minimum Gasteiger partial charge on any atom is -0.480 e. The van der Waals surface area contributed by atoms with E-state index in [2.05, 4.69) is 35.8 Å². The molecule has 2 unspecified atom stereocenters. The second-order valence-corrected chi connectivity index (χ2v) is 10.8. The molecule has 1 amide bonds. The van der Waals surface area contributed by atoms with Gasteiger partial charge in [0.2, 0.25) is 5.91 Å². The number of fused-ring (bicyclic) bond motifs is 1. The lowest BCUT2D eigenvalue weighted by atomic mass is 9.74. The van der Waals surface area contributed by atoms with Crippen LogP contribution in [-0.4, -0.2) is 41.4 Å². The third kappa shape index (κ3) is 7.26. The lowest BCUT2D eigenvalue weighted by Gasteiger charge is -2.40. The van der Waals surface area contributed by atoms with Crippen molar-refractivity contribution in [3.8, 4) is 0 Å². The number of carboxylic acid groups (broad SMARTS) is 1. The van der Waals surface area contributed by atoms with E-state index in [9.17, 15) is 19.5 Å². The molecule has 3 aliphatic rings. The van der Waals surface area contributed by atoms with E-state index in [4.69, 9.17) is 0 Å². The zero-order valence-electron chi connectivity index (χ0n) is 20.2. The minimum absolute atomic E-state index is 0.0384. The van der Waals surface area contributed by atoms with E-state index < -0.39 is 17.6 Å². The van der Waals surface area contributed by atoms with Crippen LogP contribution in [0.15, 0.2) is 23.8 Å². The summed E-state index contributed by atoms with van der Waals surface area (Å²) in [6.45, 7) is 2.28. The van der Waals surface area contributed by atoms with Gasteiger partial charge in [0.15, 0.2) is 0 Å². The van der Waals surface area contributed by atoms with Crippen molar-refractivity contribution >= 4 is 18.2 Å². The molecule has 0 aromatic heterocycles. The van der Waals surface area contributed by atoms with Crippen LogP contribution in [0.4, 0.5) is 0 Å². The molecule has 6 nitrogen and oxygen atoms in total. The summed E-state index contributed by atoms with van der Waals surface area (Å²) < 4.78 is 0. The summed E-state index contributed by atoms with van der Waals surface area (Å²) in [5.41, 5.74) is -0.00184. The first-order valence-corrected chi connectivity index (χ1v) is 13.0. The van der Waals surface area contributed by atoms with Gasteiger partial charge in [-0.1, -0.05) is 69.2 Å². The monoisotopic (exact) mass is 458 g/mol. The largest absolute Gasteiger partial charge is 0.480 e. The lowest BCUT2D eigenvalue weighted by Crippen LogP contribution is -2.62. The molecule has 184 valence electrons. The van der Waals surface area contributed by atoms with Crippen molar-refractivity contribution in [2.45, 2.75) is 108 Å².